The smallest absolute Gasteiger partial charge is 0.353 e. The van der Waals surface area contributed by atoms with Crippen molar-refractivity contribution in [3.05, 3.63) is 46.7 Å². The van der Waals surface area contributed by atoms with Gasteiger partial charge in [-0.1, -0.05) is 25.4 Å². The molecule has 176 valence electrons. The Kier molecular flexibility index (Phi) is 5.98. The zero-order valence-electron chi connectivity index (χ0n) is 18.0. The molecule has 4 rings (SSSR count). The summed E-state index contributed by atoms with van der Waals surface area (Å²) in [5.41, 5.74) is -0.714. The van der Waals surface area contributed by atoms with Crippen molar-refractivity contribution in [2.24, 2.45) is 11.3 Å². The Morgan fingerprint density at radius 1 is 1.24 bits per heavy atom. The standard InChI is InChI=1S/C22H23ClF3N5O2/c1-12(2)19(32)30-17-7-13(3-6-27-17)20(33)29-16-10-31(11-21(16)4-5-21)18-15(23)8-14(9-28-18)22(24,25)26/h3,6-9,12,16H,4-5,10-11H2,1-2H3,(H,29,33)(H,27,30,32). The second-order valence-corrected chi connectivity index (χ2v) is 9.28. The number of carbonyl (C=O) groups excluding carboxylic acids is 2. The maximum Gasteiger partial charge on any atom is 0.417 e. The number of amides is 2. The SMILES string of the molecule is CC(C)C(=O)Nc1cc(C(=O)NC2CN(c3ncc(C(F)(F)F)cc3Cl)CC23CC3)ccn1. The van der Waals surface area contributed by atoms with Crippen molar-refractivity contribution in [1.82, 2.24) is 15.3 Å². The summed E-state index contributed by atoms with van der Waals surface area (Å²) in [6, 6.07) is 3.73. The van der Waals surface area contributed by atoms with Crippen LogP contribution in [-0.2, 0) is 11.0 Å². The summed E-state index contributed by atoms with van der Waals surface area (Å²) < 4.78 is 38.8. The van der Waals surface area contributed by atoms with Crippen LogP contribution in [0.5, 0.6) is 0 Å². The van der Waals surface area contributed by atoms with Crippen molar-refractivity contribution in [2.45, 2.75) is 38.9 Å². The van der Waals surface area contributed by atoms with E-state index in [4.69, 9.17) is 11.6 Å². The van der Waals surface area contributed by atoms with E-state index in [1.807, 2.05) is 4.90 Å². The zero-order chi connectivity index (χ0) is 24.0. The monoisotopic (exact) mass is 481 g/mol. The average molecular weight is 482 g/mol. The van der Waals surface area contributed by atoms with E-state index in [2.05, 4.69) is 20.6 Å². The van der Waals surface area contributed by atoms with Crippen molar-refractivity contribution < 1.29 is 22.8 Å². The molecule has 1 atom stereocenters. The van der Waals surface area contributed by atoms with Gasteiger partial charge in [0.05, 0.1) is 16.6 Å². The first-order valence-corrected chi connectivity index (χ1v) is 10.9. The highest BCUT2D eigenvalue weighted by molar-refractivity contribution is 6.33. The van der Waals surface area contributed by atoms with Crippen LogP contribution in [0.2, 0.25) is 5.02 Å². The summed E-state index contributed by atoms with van der Waals surface area (Å²) in [6.45, 7) is 4.43. The minimum absolute atomic E-state index is 0.0766. The zero-order valence-corrected chi connectivity index (χ0v) is 18.8. The van der Waals surface area contributed by atoms with E-state index in [1.54, 1.807) is 19.9 Å². The van der Waals surface area contributed by atoms with Crippen LogP contribution in [-0.4, -0.2) is 40.9 Å². The molecule has 1 spiro atoms. The third-order valence-electron chi connectivity index (χ3n) is 6.09. The summed E-state index contributed by atoms with van der Waals surface area (Å²) >= 11 is 6.13. The second-order valence-electron chi connectivity index (χ2n) is 8.87. The maximum absolute atomic E-state index is 12.9. The lowest BCUT2D eigenvalue weighted by Gasteiger charge is -2.20. The normalized spacial score (nSPS) is 19.1. The van der Waals surface area contributed by atoms with Gasteiger partial charge in [0.2, 0.25) is 5.91 Å². The van der Waals surface area contributed by atoms with Crippen LogP contribution in [0.25, 0.3) is 0 Å². The van der Waals surface area contributed by atoms with Gasteiger partial charge in [-0.05, 0) is 31.0 Å². The molecule has 1 saturated carbocycles. The molecule has 2 fully saturated rings. The fraction of sp³-hybridized carbons (Fsp3) is 0.455. The van der Waals surface area contributed by atoms with Crippen LogP contribution in [0.1, 0.15) is 42.6 Å². The fourth-order valence-corrected chi connectivity index (χ4v) is 4.25. The van der Waals surface area contributed by atoms with Gasteiger partial charge in [-0.2, -0.15) is 13.2 Å². The molecule has 11 heteroatoms. The Morgan fingerprint density at radius 3 is 2.58 bits per heavy atom. The van der Waals surface area contributed by atoms with E-state index in [0.717, 1.165) is 25.1 Å². The molecule has 0 aromatic carbocycles. The number of aromatic nitrogens is 2. The quantitative estimate of drug-likeness (QED) is 0.670. The molecule has 1 aliphatic carbocycles. The molecular weight excluding hydrogens is 459 g/mol. The summed E-state index contributed by atoms with van der Waals surface area (Å²) in [6.07, 6.45) is -0.523. The van der Waals surface area contributed by atoms with Crippen molar-refractivity contribution in [1.29, 1.82) is 0 Å². The molecule has 1 unspecified atom stereocenters. The molecular formula is C22H23ClF3N5O2. The minimum atomic E-state index is -4.52. The highest BCUT2D eigenvalue weighted by atomic mass is 35.5. The van der Waals surface area contributed by atoms with Gasteiger partial charge in [-0.3, -0.25) is 9.59 Å². The first-order valence-electron chi connectivity index (χ1n) is 10.5. The maximum atomic E-state index is 12.9. The summed E-state index contributed by atoms with van der Waals surface area (Å²) in [5, 5.41) is 5.62. The van der Waals surface area contributed by atoms with Gasteiger partial charge < -0.3 is 15.5 Å². The molecule has 2 N–H and O–H groups in total. The van der Waals surface area contributed by atoms with Gasteiger partial charge in [0.25, 0.3) is 5.91 Å². The Morgan fingerprint density at radius 2 is 1.97 bits per heavy atom. The lowest BCUT2D eigenvalue weighted by molar-refractivity contribution is -0.137. The lowest BCUT2D eigenvalue weighted by Crippen LogP contribution is -2.41. The predicted molar refractivity (Wildman–Crippen MR) is 117 cm³/mol. The number of alkyl halides is 3. The number of anilines is 2. The molecule has 0 bridgehead atoms. The molecule has 0 radical (unpaired) electrons. The Balaban J connectivity index is 1.47. The first kappa shape index (κ1) is 23.3. The van der Waals surface area contributed by atoms with Gasteiger partial charge in [0.15, 0.2) is 0 Å². The first-order chi connectivity index (χ1) is 15.5. The van der Waals surface area contributed by atoms with Crippen molar-refractivity contribution in [3.8, 4) is 0 Å². The van der Waals surface area contributed by atoms with Crippen LogP contribution < -0.4 is 15.5 Å². The molecule has 2 aromatic rings. The highest BCUT2D eigenvalue weighted by Gasteiger charge is 2.56. The third kappa shape index (κ3) is 4.90. The summed E-state index contributed by atoms with van der Waals surface area (Å²) in [5.74, 6) is -0.188. The number of carbonyl (C=O) groups is 2. The van der Waals surface area contributed by atoms with Crippen molar-refractivity contribution >= 4 is 35.1 Å². The van der Waals surface area contributed by atoms with Gasteiger partial charge >= 0.3 is 6.18 Å². The van der Waals surface area contributed by atoms with Crippen molar-refractivity contribution in [3.63, 3.8) is 0 Å². The second kappa shape index (κ2) is 8.48. The van der Waals surface area contributed by atoms with E-state index in [9.17, 15) is 22.8 Å². The molecule has 1 saturated heterocycles. The molecule has 33 heavy (non-hydrogen) atoms. The van der Waals surface area contributed by atoms with Crippen LogP contribution in [0, 0.1) is 11.3 Å². The molecule has 2 amide bonds. The topological polar surface area (TPSA) is 87.2 Å². The number of hydrogen-bond acceptors (Lipinski definition) is 5. The summed E-state index contributed by atoms with van der Waals surface area (Å²) in [7, 11) is 0. The van der Waals surface area contributed by atoms with Crippen LogP contribution in [0.3, 0.4) is 0 Å². The Hall–Kier alpha value is -2.88. The van der Waals surface area contributed by atoms with E-state index in [-0.39, 0.29) is 45.8 Å². The largest absolute Gasteiger partial charge is 0.417 e. The number of nitrogens with zero attached hydrogens (tertiary/aromatic N) is 3. The molecule has 7 nitrogen and oxygen atoms in total. The predicted octanol–water partition coefficient (Wildman–Crippen LogP) is 4.14. The number of halogens is 4. The Labute approximate surface area is 193 Å². The lowest BCUT2D eigenvalue weighted by atomic mass is 10.0. The number of nitrogens with one attached hydrogen (secondary N) is 2. The van der Waals surface area contributed by atoms with Crippen LogP contribution in [0.15, 0.2) is 30.6 Å². The van der Waals surface area contributed by atoms with E-state index in [0.29, 0.717) is 18.7 Å². The van der Waals surface area contributed by atoms with E-state index >= 15 is 0 Å². The van der Waals surface area contributed by atoms with Crippen LogP contribution in [0.4, 0.5) is 24.8 Å². The summed E-state index contributed by atoms with van der Waals surface area (Å²) in [4.78, 5) is 34.7. The van der Waals surface area contributed by atoms with Gasteiger partial charge in [0, 0.05) is 42.4 Å². The van der Waals surface area contributed by atoms with Gasteiger partial charge in [0.1, 0.15) is 11.6 Å². The number of rotatable bonds is 5. The third-order valence-corrected chi connectivity index (χ3v) is 6.37. The van der Waals surface area contributed by atoms with Crippen molar-refractivity contribution in [2.75, 3.05) is 23.3 Å². The minimum Gasteiger partial charge on any atom is -0.353 e. The average Bonchev–Trinajstić information content (AvgIpc) is 3.44. The number of pyridine rings is 2. The molecule has 1 aliphatic heterocycles. The molecule has 2 aliphatic rings. The van der Waals surface area contributed by atoms with E-state index in [1.165, 1.54) is 12.3 Å². The van der Waals surface area contributed by atoms with Crippen LogP contribution >= 0.6 is 11.6 Å². The van der Waals surface area contributed by atoms with E-state index < -0.39 is 11.7 Å². The molecule has 2 aromatic heterocycles. The van der Waals surface area contributed by atoms with Gasteiger partial charge in [-0.15, -0.1) is 0 Å². The molecule has 3 heterocycles. The Bertz CT molecular complexity index is 1090. The van der Waals surface area contributed by atoms with Gasteiger partial charge in [-0.25, -0.2) is 9.97 Å². The number of hydrogen-bond donors (Lipinski definition) is 2. The fourth-order valence-electron chi connectivity index (χ4n) is 3.97. The highest BCUT2D eigenvalue weighted by Crippen LogP contribution is 2.54.